The van der Waals surface area contributed by atoms with Crippen LogP contribution in [0.2, 0.25) is 0 Å². The Morgan fingerprint density at radius 3 is 2.50 bits per heavy atom. The number of rotatable bonds is 5. The molecule has 0 aromatic carbocycles. The Labute approximate surface area is 107 Å². The Morgan fingerprint density at radius 2 is 1.94 bits per heavy atom. The standard InChI is InChI=1S/C12H20N4O2/c1-13-4-9-5-14-6-12(15-9)16-7-10(17-2)11(8-16)18-3/h5-6,10-11,13H,4,7-8H2,1-3H3. The highest BCUT2D eigenvalue weighted by molar-refractivity contribution is 5.39. The van der Waals surface area contributed by atoms with E-state index in [2.05, 4.69) is 20.2 Å². The van der Waals surface area contributed by atoms with E-state index in [0.717, 1.165) is 31.1 Å². The van der Waals surface area contributed by atoms with Crippen LogP contribution in [0.15, 0.2) is 12.4 Å². The molecular weight excluding hydrogens is 232 g/mol. The molecule has 1 N–H and O–H groups in total. The van der Waals surface area contributed by atoms with Crippen LogP contribution < -0.4 is 10.2 Å². The van der Waals surface area contributed by atoms with Crippen LogP contribution in [0, 0.1) is 0 Å². The van der Waals surface area contributed by atoms with Crippen molar-refractivity contribution in [2.75, 3.05) is 39.3 Å². The number of hydrogen-bond acceptors (Lipinski definition) is 6. The van der Waals surface area contributed by atoms with Gasteiger partial charge in [-0.3, -0.25) is 4.98 Å². The van der Waals surface area contributed by atoms with Gasteiger partial charge in [0, 0.05) is 40.1 Å². The molecule has 0 saturated carbocycles. The predicted molar refractivity (Wildman–Crippen MR) is 68.6 cm³/mol. The molecule has 2 unspecified atom stereocenters. The highest BCUT2D eigenvalue weighted by Gasteiger charge is 2.33. The summed E-state index contributed by atoms with van der Waals surface area (Å²) in [6.07, 6.45) is 3.73. The van der Waals surface area contributed by atoms with Crippen molar-refractivity contribution in [3.05, 3.63) is 18.1 Å². The summed E-state index contributed by atoms with van der Waals surface area (Å²) in [6, 6.07) is 0. The molecule has 18 heavy (non-hydrogen) atoms. The largest absolute Gasteiger partial charge is 0.377 e. The zero-order valence-electron chi connectivity index (χ0n) is 11.1. The van der Waals surface area contributed by atoms with Gasteiger partial charge in [-0.1, -0.05) is 0 Å². The molecule has 100 valence electrons. The Morgan fingerprint density at radius 1 is 1.28 bits per heavy atom. The van der Waals surface area contributed by atoms with Gasteiger partial charge in [-0.25, -0.2) is 4.98 Å². The number of ether oxygens (including phenoxy) is 2. The molecule has 0 amide bonds. The molecule has 0 spiro atoms. The smallest absolute Gasteiger partial charge is 0.147 e. The summed E-state index contributed by atoms with van der Waals surface area (Å²) in [5, 5.41) is 3.07. The van der Waals surface area contributed by atoms with Crippen LogP contribution in [0.5, 0.6) is 0 Å². The van der Waals surface area contributed by atoms with Crippen LogP contribution in [0.25, 0.3) is 0 Å². The van der Waals surface area contributed by atoms with Gasteiger partial charge >= 0.3 is 0 Å². The van der Waals surface area contributed by atoms with Gasteiger partial charge in [0.2, 0.25) is 0 Å². The molecule has 0 radical (unpaired) electrons. The molecule has 0 aliphatic carbocycles. The number of aromatic nitrogens is 2. The molecule has 1 saturated heterocycles. The molecule has 2 rings (SSSR count). The number of methoxy groups -OCH3 is 2. The first-order valence-electron chi connectivity index (χ1n) is 6.04. The van der Waals surface area contributed by atoms with Gasteiger partial charge in [0.05, 0.1) is 11.9 Å². The third-order valence-corrected chi connectivity index (χ3v) is 3.17. The van der Waals surface area contributed by atoms with Crippen molar-refractivity contribution >= 4 is 5.82 Å². The van der Waals surface area contributed by atoms with E-state index in [-0.39, 0.29) is 12.2 Å². The molecule has 0 bridgehead atoms. The van der Waals surface area contributed by atoms with Crippen molar-refractivity contribution in [1.82, 2.24) is 15.3 Å². The molecule has 1 fully saturated rings. The maximum Gasteiger partial charge on any atom is 0.147 e. The van der Waals surface area contributed by atoms with Gasteiger partial charge in [0.25, 0.3) is 0 Å². The van der Waals surface area contributed by atoms with Crippen molar-refractivity contribution in [2.24, 2.45) is 0 Å². The maximum absolute atomic E-state index is 5.42. The summed E-state index contributed by atoms with van der Waals surface area (Å²) in [5.41, 5.74) is 0.935. The number of nitrogens with one attached hydrogen (secondary N) is 1. The van der Waals surface area contributed by atoms with Gasteiger partial charge in [-0.05, 0) is 7.05 Å². The van der Waals surface area contributed by atoms with Crippen molar-refractivity contribution in [3.8, 4) is 0 Å². The Kier molecular flexibility index (Phi) is 4.46. The van der Waals surface area contributed by atoms with E-state index in [1.165, 1.54) is 0 Å². The zero-order chi connectivity index (χ0) is 13.0. The molecule has 1 aromatic rings. The molecule has 1 aromatic heterocycles. The molecule has 6 heteroatoms. The number of anilines is 1. The normalized spacial score (nSPS) is 23.6. The average molecular weight is 252 g/mol. The van der Waals surface area contributed by atoms with Crippen molar-refractivity contribution < 1.29 is 9.47 Å². The van der Waals surface area contributed by atoms with E-state index in [4.69, 9.17) is 9.47 Å². The van der Waals surface area contributed by atoms with E-state index in [9.17, 15) is 0 Å². The molecule has 2 atom stereocenters. The highest BCUT2D eigenvalue weighted by atomic mass is 16.5. The molecule has 6 nitrogen and oxygen atoms in total. The molecule has 2 heterocycles. The predicted octanol–water partition coefficient (Wildman–Crippen LogP) is 0.0460. The van der Waals surface area contributed by atoms with Crippen LogP contribution in [0.4, 0.5) is 5.82 Å². The monoisotopic (exact) mass is 252 g/mol. The van der Waals surface area contributed by atoms with Gasteiger partial charge in [0.1, 0.15) is 18.0 Å². The lowest BCUT2D eigenvalue weighted by Gasteiger charge is -2.16. The average Bonchev–Trinajstić information content (AvgIpc) is 2.82. The lowest BCUT2D eigenvalue weighted by molar-refractivity contribution is -0.00461. The fourth-order valence-corrected chi connectivity index (χ4v) is 2.20. The van der Waals surface area contributed by atoms with E-state index in [0.29, 0.717) is 0 Å². The quantitative estimate of drug-likeness (QED) is 0.799. The molecule has 1 aliphatic rings. The fourth-order valence-electron chi connectivity index (χ4n) is 2.20. The number of nitrogens with zero attached hydrogens (tertiary/aromatic N) is 3. The van der Waals surface area contributed by atoms with Gasteiger partial charge in [-0.2, -0.15) is 0 Å². The molecular formula is C12H20N4O2. The van der Waals surface area contributed by atoms with E-state index in [1.807, 2.05) is 7.05 Å². The first kappa shape index (κ1) is 13.2. The summed E-state index contributed by atoms with van der Waals surface area (Å²) < 4.78 is 10.8. The lowest BCUT2D eigenvalue weighted by Crippen LogP contribution is -2.27. The lowest BCUT2D eigenvalue weighted by atomic mass is 10.3. The minimum absolute atomic E-state index is 0.0877. The van der Waals surface area contributed by atoms with Gasteiger partial charge in [0.15, 0.2) is 0 Å². The van der Waals surface area contributed by atoms with Crippen LogP contribution in [0.1, 0.15) is 5.69 Å². The Bertz CT molecular complexity index is 376. The van der Waals surface area contributed by atoms with Crippen molar-refractivity contribution in [1.29, 1.82) is 0 Å². The minimum Gasteiger partial charge on any atom is -0.377 e. The number of hydrogen-bond donors (Lipinski definition) is 1. The topological polar surface area (TPSA) is 59.5 Å². The SMILES string of the molecule is CNCc1cncc(N2CC(OC)C(OC)C2)n1. The minimum atomic E-state index is 0.0877. The summed E-state index contributed by atoms with van der Waals surface area (Å²) in [4.78, 5) is 10.9. The summed E-state index contributed by atoms with van der Waals surface area (Å²) in [6.45, 7) is 2.29. The van der Waals surface area contributed by atoms with Crippen molar-refractivity contribution in [3.63, 3.8) is 0 Å². The fraction of sp³-hybridized carbons (Fsp3) is 0.667. The first-order chi connectivity index (χ1) is 8.78. The first-order valence-corrected chi connectivity index (χ1v) is 6.04. The van der Waals surface area contributed by atoms with Gasteiger partial charge in [-0.15, -0.1) is 0 Å². The summed E-state index contributed by atoms with van der Waals surface area (Å²) in [5.74, 6) is 0.879. The van der Waals surface area contributed by atoms with Crippen LogP contribution in [0.3, 0.4) is 0 Å². The van der Waals surface area contributed by atoms with E-state index >= 15 is 0 Å². The van der Waals surface area contributed by atoms with Crippen LogP contribution >= 0.6 is 0 Å². The third kappa shape index (κ3) is 2.77. The Balaban J connectivity index is 2.10. The van der Waals surface area contributed by atoms with Crippen LogP contribution in [-0.4, -0.2) is 56.5 Å². The highest BCUT2D eigenvalue weighted by Crippen LogP contribution is 2.21. The maximum atomic E-state index is 5.42. The summed E-state index contributed by atoms with van der Waals surface area (Å²) >= 11 is 0. The molecule has 1 aliphatic heterocycles. The van der Waals surface area contributed by atoms with E-state index < -0.39 is 0 Å². The second-order valence-corrected chi connectivity index (χ2v) is 4.35. The van der Waals surface area contributed by atoms with E-state index in [1.54, 1.807) is 26.6 Å². The second-order valence-electron chi connectivity index (χ2n) is 4.35. The summed E-state index contributed by atoms with van der Waals surface area (Å²) in [7, 11) is 5.32. The van der Waals surface area contributed by atoms with Gasteiger partial charge < -0.3 is 19.7 Å². The zero-order valence-corrected chi connectivity index (χ0v) is 11.1. The van der Waals surface area contributed by atoms with Crippen LogP contribution in [-0.2, 0) is 16.0 Å². The third-order valence-electron chi connectivity index (χ3n) is 3.17. The van der Waals surface area contributed by atoms with Crippen molar-refractivity contribution in [2.45, 2.75) is 18.8 Å². The Hall–Kier alpha value is -1.24. The second kappa shape index (κ2) is 6.08.